The van der Waals surface area contributed by atoms with Crippen LogP contribution in [0.5, 0.6) is 0 Å². The van der Waals surface area contributed by atoms with Gasteiger partial charge < -0.3 is 5.73 Å². The van der Waals surface area contributed by atoms with E-state index in [0.29, 0.717) is 20.7 Å². The lowest BCUT2D eigenvalue weighted by molar-refractivity contribution is 0.520. The minimum absolute atomic E-state index is 0.371. The summed E-state index contributed by atoms with van der Waals surface area (Å²) in [5.41, 5.74) is 5.80. The van der Waals surface area contributed by atoms with Crippen LogP contribution in [0, 0.1) is 11.6 Å². The first-order valence-corrected chi connectivity index (χ1v) is 5.80. The second-order valence-electron chi connectivity index (χ2n) is 4.86. The van der Waals surface area contributed by atoms with Gasteiger partial charge in [0, 0.05) is 17.0 Å². The van der Waals surface area contributed by atoms with Gasteiger partial charge in [0.15, 0.2) is 0 Å². The molecule has 1 aromatic heterocycles. The molecule has 1 heterocycles. The first-order valence-electron chi connectivity index (χ1n) is 4.98. The monoisotopic (exact) mass is 241 g/mol. The van der Waals surface area contributed by atoms with Gasteiger partial charge in [-0.25, -0.2) is 8.78 Å². The van der Waals surface area contributed by atoms with Crippen molar-refractivity contribution in [3.8, 4) is 0 Å². The predicted octanol–water partition coefficient (Wildman–Crippen LogP) is 4.06. The van der Waals surface area contributed by atoms with E-state index in [4.69, 9.17) is 5.73 Å². The minimum Gasteiger partial charge on any atom is -0.391 e. The van der Waals surface area contributed by atoms with E-state index in [-0.39, 0.29) is 5.41 Å². The Hall–Kier alpha value is -1.16. The van der Waals surface area contributed by atoms with Crippen molar-refractivity contribution >= 4 is 26.4 Å². The highest BCUT2D eigenvalue weighted by atomic mass is 32.1. The Balaban J connectivity index is 2.92. The Bertz CT molecular complexity index is 552. The highest BCUT2D eigenvalue weighted by molar-refractivity contribution is 7.22. The summed E-state index contributed by atoms with van der Waals surface area (Å²) in [6.45, 7) is 5.70. The molecule has 0 spiro atoms. The van der Waals surface area contributed by atoms with Crippen molar-refractivity contribution in [3.63, 3.8) is 0 Å². The summed E-state index contributed by atoms with van der Waals surface area (Å²) < 4.78 is 27.8. The zero-order chi connectivity index (χ0) is 12.1. The molecular formula is C12H13F2NS. The van der Waals surface area contributed by atoms with Gasteiger partial charge in [-0.15, -0.1) is 11.3 Å². The van der Waals surface area contributed by atoms with Crippen molar-refractivity contribution in [2.24, 2.45) is 0 Å². The Morgan fingerprint density at radius 2 is 1.75 bits per heavy atom. The topological polar surface area (TPSA) is 26.0 Å². The predicted molar refractivity (Wildman–Crippen MR) is 64.9 cm³/mol. The molecular weight excluding hydrogens is 228 g/mol. The molecule has 2 rings (SSSR count). The number of thiophene rings is 1. The second kappa shape index (κ2) is 3.42. The van der Waals surface area contributed by atoms with Crippen molar-refractivity contribution in [3.05, 3.63) is 29.3 Å². The highest BCUT2D eigenvalue weighted by Gasteiger charge is 2.24. The van der Waals surface area contributed by atoms with Crippen LogP contribution in [0.15, 0.2) is 12.1 Å². The van der Waals surface area contributed by atoms with E-state index < -0.39 is 11.6 Å². The minimum atomic E-state index is -0.540. The molecule has 0 atom stereocenters. The van der Waals surface area contributed by atoms with Gasteiger partial charge in [-0.05, 0) is 11.5 Å². The highest BCUT2D eigenvalue weighted by Crippen LogP contribution is 2.38. The van der Waals surface area contributed by atoms with E-state index in [2.05, 4.69) is 0 Å². The van der Waals surface area contributed by atoms with Crippen molar-refractivity contribution in [1.29, 1.82) is 0 Å². The van der Waals surface area contributed by atoms with Crippen LogP contribution in [0.2, 0.25) is 0 Å². The van der Waals surface area contributed by atoms with E-state index >= 15 is 0 Å². The third-order valence-electron chi connectivity index (χ3n) is 2.48. The summed E-state index contributed by atoms with van der Waals surface area (Å²) in [5, 5.41) is 1.09. The molecule has 0 radical (unpaired) electrons. The van der Waals surface area contributed by atoms with Crippen LogP contribution in [0.25, 0.3) is 10.1 Å². The molecule has 0 fully saturated rings. The van der Waals surface area contributed by atoms with Gasteiger partial charge in [-0.3, -0.25) is 0 Å². The first kappa shape index (κ1) is 11.3. The number of benzene rings is 1. The van der Waals surface area contributed by atoms with Gasteiger partial charge >= 0.3 is 0 Å². The molecule has 2 N–H and O–H groups in total. The summed E-state index contributed by atoms with van der Waals surface area (Å²) >= 11 is 1.15. The van der Waals surface area contributed by atoms with Crippen LogP contribution in [-0.2, 0) is 5.41 Å². The number of hydrogen-bond donors (Lipinski definition) is 1. The molecule has 0 unspecified atom stereocenters. The quantitative estimate of drug-likeness (QED) is 0.739. The number of rotatable bonds is 0. The second-order valence-corrected chi connectivity index (χ2v) is 5.94. The van der Waals surface area contributed by atoms with Crippen LogP contribution in [-0.4, -0.2) is 0 Å². The molecule has 0 aliphatic carbocycles. The Morgan fingerprint density at radius 1 is 1.12 bits per heavy atom. The summed E-state index contributed by atoms with van der Waals surface area (Å²) in [7, 11) is 0. The van der Waals surface area contributed by atoms with Crippen LogP contribution in [0.1, 0.15) is 26.3 Å². The number of nitrogens with two attached hydrogens (primary N) is 1. The van der Waals surface area contributed by atoms with Crippen LogP contribution < -0.4 is 5.73 Å². The smallest absolute Gasteiger partial charge is 0.143 e. The molecule has 1 nitrogen and oxygen atoms in total. The summed E-state index contributed by atoms with van der Waals surface area (Å²) in [4.78, 5) is 0. The molecule has 0 aliphatic rings. The molecule has 0 saturated carbocycles. The molecule has 86 valence electrons. The molecule has 1 aromatic carbocycles. The largest absolute Gasteiger partial charge is 0.391 e. The number of nitrogen functional groups attached to an aromatic ring is 1. The molecule has 0 saturated heterocycles. The lowest BCUT2D eigenvalue weighted by Crippen LogP contribution is -2.14. The van der Waals surface area contributed by atoms with Crippen molar-refractivity contribution in [2.75, 3.05) is 5.73 Å². The summed E-state index contributed by atoms with van der Waals surface area (Å²) in [6.07, 6.45) is 0. The van der Waals surface area contributed by atoms with Crippen LogP contribution >= 0.6 is 11.3 Å². The molecule has 0 bridgehead atoms. The lowest BCUT2D eigenvalue weighted by Gasteiger charge is -2.21. The summed E-state index contributed by atoms with van der Waals surface area (Å²) in [5.74, 6) is -1.04. The molecule has 0 amide bonds. The van der Waals surface area contributed by atoms with E-state index in [1.54, 1.807) is 6.07 Å². The van der Waals surface area contributed by atoms with E-state index in [1.165, 1.54) is 0 Å². The van der Waals surface area contributed by atoms with Gasteiger partial charge in [0.1, 0.15) is 11.6 Å². The zero-order valence-electron chi connectivity index (χ0n) is 9.40. The Labute approximate surface area is 96.9 Å². The molecule has 4 heteroatoms. The van der Waals surface area contributed by atoms with Gasteiger partial charge in [-0.1, -0.05) is 20.8 Å². The molecule has 16 heavy (non-hydrogen) atoms. The van der Waals surface area contributed by atoms with Crippen LogP contribution in [0.3, 0.4) is 0 Å². The number of halogens is 2. The average molecular weight is 241 g/mol. The third kappa shape index (κ3) is 1.67. The van der Waals surface area contributed by atoms with Crippen molar-refractivity contribution in [2.45, 2.75) is 26.2 Å². The van der Waals surface area contributed by atoms with Gasteiger partial charge in [0.25, 0.3) is 0 Å². The van der Waals surface area contributed by atoms with Gasteiger partial charge in [0.05, 0.1) is 9.70 Å². The maximum Gasteiger partial charge on any atom is 0.143 e. The fraction of sp³-hybridized carbons (Fsp3) is 0.333. The maximum atomic E-state index is 13.8. The van der Waals surface area contributed by atoms with E-state index in [0.717, 1.165) is 17.4 Å². The lowest BCUT2D eigenvalue weighted by atomic mass is 9.84. The van der Waals surface area contributed by atoms with Gasteiger partial charge in [-0.2, -0.15) is 0 Å². The zero-order valence-corrected chi connectivity index (χ0v) is 10.2. The normalized spacial score (nSPS) is 12.3. The number of hydrogen-bond acceptors (Lipinski definition) is 2. The van der Waals surface area contributed by atoms with E-state index in [1.807, 2.05) is 20.8 Å². The third-order valence-corrected chi connectivity index (χ3v) is 3.45. The first-order chi connectivity index (χ1) is 7.30. The Kier molecular flexibility index (Phi) is 2.42. The maximum absolute atomic E-state index is 13.8. The number of anilines is 1. The van der Waals surface area contributed by atoms with Crippen molar-refractivity contribution < 1.29 is 8.78 Å². The average Bonchev–Trinajstić information content (AvgIpc) is 2.43. The Morgan fingerprint density at radius 3 is 2.31 bits per heavy atom. The summed E-state index contributed by atoms with van der Waals surface area (Å²) in [6, 6.07) is 2.59. The van der Waals surface area contributed by atoms with Crippen LogP contribution in [0.4, 0.5) is 13.8 Å². The van der Waals surface area contributed by atoms with Gasteiger partial charge in [0.2, 0.25) is 0 Å². The molecule has 0 aliphatic heterocycles. The number of fused-ring (bicyclic) bond motifs is 1. The fourth-order valence-electron chi connectivity index (χ4n) is 1.91. The molecule has 2 aromatic rings. The SMILES string of the molecule is CC(C)(C)c1c(F)cc(F)c2sc(N)cc12. The van der Waals surface area contributed by atoms with E-state index in [9.17, 15) is 8.78 Å². The fourth-order valence-corrected chi connectivity index (χ4v) is 2.75. The van der Waals surface area contributed by atoms with Crippen molar-refractivity contribution in [1.82, 2.24) is 0 Å². The standard InChI is InChI=1S/C12H13F2NS/c1-12(2,3)10-6-4-9(15)16-11(6)8(14)5-7(10)13/h4-5H,15H2,1-3H3.